The lowest BCUT2D eigenvalue weighted by atomic mass is 9.95. The Labute approximate surface area is 269 Å². The molecule has 4 nitrogen and oxygen atoms in total. The monoisotopic (exact) mass is 599 g/mol. The van der Waals surface area contributed by atoms with E-state index in [0.29, 0.717) is 17.5 Å². The molecule has 0 unspecified atom stereocenters. The molecule has 0 N–H and O–H groups in total. The standard InChI is InChI=1S/C43H25N3O/c1-2-12-26(13-3-1)41-44-42(46-43(45-41)37-24-27-14-4-5-15-29(27)30-16-6-7-18-32(30)37)28-22-23-33-31-17-8-9-19-34(31)40-39(36(33)25-28)35-20-10-11-21-38(35)47-40/h1-25H. The summed E-state index contributed by atoms with van der Waals surface area (Å²) in [6.07, 6.45) is 0. The third-order valence-corrected chi connectivity index (χ3v) is 9.28. The van der Waals surface area contributed by atoms with Crippen LogP contribution in [0.1, 0.15) is 0 Å². The molecular formula is C43H25N3O. The second-order valence-corrected chi connectivity index (χ2v) is 12.0. The first-order valence-corrected chi connectivity index (χ1v) is 15.8. The van der Waals surface area contributed by atoms with Gasteiger partial charge in [0.15, 0.2) is 17.5 Å². The summed E-state index contributed by atoms with van der Waals surface area (Å²) in [5, 5.41) is 11.4. The van der Waals surface area contributed by atoms with Crippen molar-refractivity contribution in [2.45, 2.75) is 0 Å². The normalized spacial score (nSPS) is 11.8. The highest BCUT2D eigenvalue weighted by molar-refractivity contribution is 6.30. The Morgan fingerprint density at radius 1 is 0.362 bits per heavy atom. The van der Waals surface area contributed by atoms with Gasteiger partial charge in [-0.25, -0.2) is 15.0 Å². The van der Waals surface area contributed by atoms with Gasteiger partial charge in [-0.1, -0.05) is 133 Å². The zero-order valence-corrected chi connectivity index (χ0v) is 25.2. The average molecular weight is 600 g/mol. The SMILES string of the molecule is c1ccc(-c2nc(-c3ccc4c5ccccc5c5oc6ccccc6c5c4c3)nc(-c3cc4ccccc4c4ccccc34)n2)cc1. The van der Waals surface area contributed by atoms with Gasteiger partial charge in [-0.15, -0.1) is 0 Å². The predicted octanol–water partition coefficient (Wildman–Crippen LogP) is 11.4. The zero-order valence-electron chi connectivity index (χ0n) is 25.2. The fourth-order valence-electron chi connectivity index (χ4n) is 7.12. The molecule has 10 aromatic rings. The maximum Gasteiger partial charge on any atom is 0.164 e. The fraction of sp³-hybridized carbons (Fsp3) is 0. The largest absolute Gasteiger partial charge is 0.455 e. The van der Waals surface area contributed by atoms with Crippen LogP contribution in [0, 0.1) is 0 Å². The molecule has 10 rings (SSSR count). The third-order valence-electron chi connectivity index (χ3n) is 9.28. The van der Waals surface area contributed by atoms with Gasteiger partial charge in [0, 0.05) is 32.8 Å². The van der Waals surface area contributed by atoms with E-state index in [9.17, 15) is 0 Å². The van der Waals surface area contributed by atoms with Gasteiger partial charge in [-0.2, -0.15) is 0 Å². The van der Waals surface area contributed by atoms with Gasteiger partial charge in [0.25, 0.3) is 0 Å². The van der Waals surface area contributed by atoms with E-state index in [2.05, 4.69) is 121 Å². The number of rotatable bonds is 3. The van der Waals surface area contributed by atoms with E-state index >= 15 is 0 Å². The first-order valence-electron chi connectivity index (χ1n) is 15.8. The number of fused-ring (bicyclic) bond motifs is 11. The van der Waals surface area contributed by atoms with E-state index in [0.717, 1.165) is 65.6 Å². The van der Waals surface area contributed by atoms with Crippen molar-refractivity contribution in [2.75, 3.05) is 0 Å². The molecule has 0 aliphatic heterocycles. The molecule has 2 aromatic heterocycles. The minimum Gasteiger partial charge on any atom is -0.455 e. The Morgan fingerprint density at radius 3 is 1.74 bits per heavy atom. The number of benzene rings is 8. The van der Waals surface area contributed by atoms with Crippen LogP contribution < -0.4 is 0 Å². The van der Waals surface area contributed by atoms with Gasteiger partial charge in [-0.3, -0.25) is 0 Å². The van der Waals surface area contributed by atoms with E-state index in [1.807, 2.05) is 30.3 Å². The summed E-state index contributed by atoms with van der Waals surface area (Å²) in [4.78, 5) is 15.4. The zero-order chi connectivity index (χ0) is 30.9. The summed E-state index contributed by atoms with van der Waals surface area (Å²) in [6.45, 7) is 0. The molecule has 0 spiro atoms. The molecule has 0 bridgehead atoms. The molecule has 0 amide bonds. The van der Waals surface area contributed by atoms with Crippen LogP contribution in [0.4, 0.5) is 0 Å². The van der Waals surface area contributed by atoms with Crippen LogP contribution in [0.2, 0.25) is 0 Å². The highest BCUT2D eigenvalue weighted by Crippen LogP contribution is 2.42. The van der Waals surface area contributed by atoms with E-state index < -0.39 is 0 Å². The van der Waals surface area contributed by atoms with Gasteiger partial charge in [-0.05, 0) is 55.9 Å². The van der Waals surface area contributed by atoms with Crippen LogP contribution in [-0.2, 0) is 0 Å². The maximum atomic E-state index is 6.51. The lowest BCUT2D eigenvalue weighted by Crippen LogP contribution is -2.01. The van der Waals surface area contributed by atoms with Crippen LogP contribution in [0.3, 0.4) is 0 Å². The predicted molar refractivity (Wildman–Crippen MR) is 193 cm³/mol. The smallest absolute Gasteiger partial charge is 0.164 e. The Hall–Kier alpha value is -6.39. The highest BCUT2D eigenvalue weighted by Gasteiger charge is 2.19. The fourth-order valence-corrected chi connectivity index (χ4v) is 7.12. The first kappa shape index (κ1) is 25.9. The number of hydrogen-bond acceptors (Lipinski definition) is 4. The van der Waals surface area contributed by atoms with Gasteiger partial charge < -0.3 is 4.42 Å². The minimum atomic E-state index is 0.627. The van der Waals surface area contributed by atoms with E-state index in [1.165, 1.54) is 16.2 Å². The molecule has 0 saturated heterocycles. The average Bonchev–Trinajstić information content (AvgIpc) is 3.55. The topological polar surface area (TPSA) is 51.8 Å². The Kier molecular flexibility index (Phi) is 5.54. The van der Waals surface area contributed by atoms with Crippen LogP contribution in [-0.4, -0.2) is 15.0 Å². The third kappa shape index (κ3) is 3.98. The number of para-hydroxylation sites is 1. The molecule has 0 aliphatic rings. The molecule has 2 heterocycles. The molecule has 0 fully saturated rings. The van der Waals surface area contributed by atoms with Gasteiger partial charge in [0.1, 0.15) is 11.2 Å². The molecule has 0 radical (unpaired) electrons. The van der Waals surface area contributed by atoms with Gasteiger partial charge >= 0.3 is 0 Å². The highest BCUT2D eigenvalue weighted by atomic mass is 16.3. The molecule has 0 atom stereocenters. The molecule has 0 saturated carbocycles. The second-order valence-electron chi connectivity index (χ2n) is 12.0. The quantitative estimate of drug-likeness (QED) is 0.190. The maximum absolute atomic E-state index is 6.51. The van der Waals surface area contributed by atoms with E-state index in [-0.39, 0.29) is 0 Å². The van der Waals surface area contributed by atoms with Crippen LogP contribution in [0.5, 0.6) is 0 Å². The molecular weight excluding hydrogens is 574 g/mol. The summed E-state index contributed by atoms with van der Waals surface area (Å²) in [6, 6.07) is 52.7. The second kappa shape index (κ2) is 10.1. The van der Waals surface area contributed by atoms with Crippen LogP contribution in [0.15, 0.2) is 156 Å². The van der Waals surface area contributed by atoms with Crippen molar-refractivity contribution in [3.63, 3.8) is 0 Å². The number of furan rings is 1. The number of hydrogen-bond donors (Lipinski definition) is 0. The lowest BCUT2D eigenvalue weighted by molar-refractivity contribution is 0.673. The van der Waals surface area contributed by atoms with Crippen molar-refractivity contribution in [2.24, 2.45) is 0 Å². The summed E-state index contributed by atoms with van der Waals surface area (Å²) in [5.74, 6) is 1.91. The van der Waals surface area contributed by atoms with E-state index in [1.54, 1.807) is 0 Å². The Balaban J connectivity index is 1.28. The van der Waals surface area contributed by atoms with Crippen LogP contribution in [0.25, 0.3) is 99.2 Å². The summed E-state index contributed by atoms with van der Waals surface area (Å²) in [5.41, 5.74) is 4.62. The summed E-state index contributed by atoms with van der Waals surface area (Å²) >= 11 is 0. The van der Waals surface area contributed by atoms with Crippen molar-refractivity contribution in [3.8, 4) is 34.2 Å². The van der Waals surface area contributed by atoms with Gasteiger partial charge in [0.2, 0.25) is 0 Å². The Morgan fingerprint density at radius 2 is 0.936 bits per heavy atom. The van der Waals surface area contributed by atoms with Crippen LogP contribution >= 0.6 is 0 Å². The van der Waals surface area contributed by atoms with Gasteiger partial charge in [0.05, 0.1) is 0 Å². The number of aromatic nitrogens is 3. The van der Waals surface area contributed by atoms with Crippen molar-refractivity contribution < 1.29 is 4.42 Å². The molecule has 0 aliphatic carbocycles. The summed E-state index contributed by atoms with van der Waals surface area (Å²) in [7, 11) is 0. The number of nitrogens with zero attached hydrogens (tertiary/aromatic N) is 3. The molecule has 218 valence electrons. The molecule has 47 heavy (non-hydrogen) atoms. The van der Waals surface area contributed by atoms with Crippen molar-refractivity contribution in [1.29, 1.82) is 0 Å². The van der Waals surface area contributed by atoms with Crippen molar-refractivity contribution in [1.82, 2.24) is 15.0 Å². The van der Waals surface area contributed by atoms with E-state index in [4.69, 9.17) is 19.4 Å². The Bertz CT molecular complexity index is 2850. The molecule has 4 heteroatoms. The molecule has 8 aromatic carbocycles. The lowest BCUT2D eigenvalue weighted by Gasteiger charge is -2.13. The summed E-state index contributed by atoms with van der Waals surface area (Å²) < 4.78 is 6.51. The first-order chi connectivity index (χ1) is 23.3. The van der Waals surface area contributed by atoms with Crippen molar-refractivity contribution in [3.05, 3.63) is 152 Å². The van der Waals surface area contributed by atoms with Crippen molar-refractivity contribution >= 4 is 65.0 Å². The minimum absolute atomic E-state index is 0.627.